The van der Waals surface area contributed by atoms with Gasteiger partial charge in [-0.25, -0.2) is 5.01 Å². The lowest BCUT2D eigenvalue weighted by molar-refractivity contribution is -0.929. The van der Waals surface area contributed by atoms with Crippen LogP contribution in [0.2, 0.25) is 5.02 Å². The fourth-order valence-electron chi connectivity index (χ4n) is 5.16. The predicted molar refractivity (Wildman–Crippen MR) is 119 cm³/mol. The molecule has 0 unspecified atom stereocenters. The van der Waals surface area contributed by atoms with Crippen LogP contribution in [-0.2, 0) is 0 Å². The first-order chi connectivity index (χ1) is 14.5. The first kappa shape index (κ1) is 19.7. The highest BCUT2D eigenvalue weighted by molar-refractivity contribution is 6.34. The zero-order valence-corrected chi connectivity index (χ0v) is 18.6. The molecule has 1 spiro atoms. The van der Waals surface area contributed by atoms with E-state index < -0.39 is 5.72 Å². The van der Waals surface area contributed by atoms with Gasteiger partial charge >= 0.3 is 0 Å². The number of quaternary nitrogens is 1. The second-order valence-electron chi connectivity index (χ2n) is 8.83. The third-order valence-electron chi connectivity index (χ3n) is 6.88. The molecule has 0 radical (unpaired) electrons. The number of benzene rings is 2. The molecule has 0 amide bonds. The Morgan fingerprint density at radius 3 is 2.63 bits per heavy atom. The van der Waals surface area contributed by atoms with Crippen molar-refractivity contribution in [2.45, 2.75) is 50.9 Å². The van der Waals surface area contributed by atoms with Crippen LogP contribution >= 0.6 is 11.6 Å². The largest absolute Gasteiger partial charge is 0.493 e. The number of methoxy groups -OCH3 is 1. The smallest absolute Gasteiger partial charge is 0.209 e. The first-order valence-electron chi connectivity index (χ1n) is 10.8. The fraction of sp³-hybridized carbons (Fsp3) is 0.458. The highest BCUT2D eigenvalue weighted by Crippen LogP contribution is 2.52. The van der Waals surface area contributed by atoms with Crippen molar-refractivity contribution in [1.82, 2.24) is 5.01 Å². The monoisotopic (exact) mass is 426 g/mol. The van der Waals surface area contributed by atoms with E-state index >= 15 is 0 Å². The van der Waals surface area contributed by atoms with E-state index in [0.717, 1.165) is 65.7 Å². The van der Waals surface area contributed by atoms with Gasteiger partial charge in [0.05, 0.1) is 50.8 Å². The molecule has 0 saturated carbocycles. The number of likely N-dealkylation sites (tertiary alicyclic amines) is 1. The number of nitrogens with one attached hydrogen (secondary N) is 1. The summed E-state index contributed by atoms with van der Waals surface area (Å²) in [4.78, 5) is 1.63. The minimum absolute atomic E-state index is 0.135. The summed E-state index contributed by atoms with van der Waals surface area (Å²) in [5.41, 5.74) is 2.75. The summed E-state index contributed by atoms with van der Waals surface area (Å²) >= 11 is 6.53. The van der Waals surface area contributed by atoms with Gasteiger partial charge < -0.3 is 14.4 Å². The molecule has 0 bridgehead atoms. The summed E-state index contributed by atoms with van der Waals surface area (Å²) in [7, 11) is 1.71. The maximum Gasteiger partial charge on any atom is 0.209 e. The van der Waals surface area contributed by atoms with Crippen molar-refractivity contribution >= 4 is 17.3 Å². The number of piperidine rings is 1. The van der Waals surface area contributed by atoms with E-state index in [1.165, 1.54) is 0 Å². The van der Waals surface area contributed by atoms with Gasteiger partial charge in [0.15, 0.2) is 11.5 Å². The normalized spacial score (nSPS) is 27.5. The van der Waals surface area contributed by atoms with E-state index in [0.29, 0.717) is 6.04 Å². The maximum atomic E-state index is 6.79. The van der Waals surface area contributed by atoms with E-state index in [-0.39, 0.29) is 6.04 Å². The Morgan fingerprint density at radius 2 is 1.93 bits per heavy atom. The zero-order valence-electron chi connectivity index (χ0n) is 17.8. The van der Waals surface area contributed by atoms with Gasteiger partial charge in [0.25, 0.3) is 0 Å². The van der Waals surface area contributed by atoms with E-state index in [4.69, 9.17) is 26.2 Å². The summed E-state index contributed by atoms with van der Waals surface area (Å²) in [6.45, 7) is 6.73. The molecule has 0 aromatic heterocycles. The minimum atomic E-state index is -0.437. The molecule has 0 aliphatic carbocycles. The molecule has 158 valence electrons. The standard InChI is InChI=1S/C24H28ClN3O2/c1-16(2)27-13-11-24(12-14-27)28-21(18-8-6-10-22(29-3)23(18)30-24)15-20(26-28)17-7-4-5-9-19(17)25/h4-10,16,21H,11-15H2,1-3H3/p+1/t21-/m0/s1. The first-order valence-corrected chi connectivity index (χ1v) is 11.2. The van der Waals surface area contributed by atoms with Crippen LogP contribution in [0.4, 0.5) is 0 Å². The maximum absolute atomic E-state index is 6.79. The van der Waals surface area contributed by atoms with Gasteiger partial charge in [-0.15, -0.1) is 0 Å². The molecule has 1 saturated heterocycles. The number of para-hydroxylation sites is 1. The summed E-state index contributed by atoms with van der Waals surface area (Å²) in [6.07, 6.45) is 2.69. The van der Waals surface area contributed by atoms with Gasteiger partial charge in [-0.3, -0.25) is 0 Å². The number of rotatable bonds is 3. The van der Waals surface area contributed by atoms with Gasteiger partial charge in [0, 0.05) is 22.6 Å². The molecule has 3 aliphatic rings. The molecule has 3 aliphatic heterocycles. The van der Waals surface area contributed by atoms with Gasteiger partial charge in [0.1, 0.15) is 0 Å². The van der Waals surface area contributed by atoms with Crippen molar-refractivity contribution in [1.29, 1.82) is 0 Å². The molecule has 6 heteroatoms. The lowest BCUT2D eigenvalue weighted by atomic mass is 9.90. The van der Waals surface area contributed by atoms with E-state index in [1.807, 2.05) is 30.3 Å². The van der Waals surface area contributed by atoms with Gasteiger partial charge in [-0.05, 0) is 26.0 Å². The zero-order chi connectivity index (χ0) is 20.9. The van der Waals surface area contributed by atoms with Gasteiger partial charge in [-0.2, -0.15) is 5.10 Å². The van der Waals surface area contributed by atoms with E-state index in [2.05, 4.69) is 31.0 Å². The van der Waals surface area contributed by atoms with Gasteiger partial charge in [0.2, 0.25) is 5.72 Å². The van der Waals surface area contributed by atoms with Crippen molar-refractivity contribution in [3.8, 4) is 11.5 Å². The molecule has 2 aromatic rings. The van der Waals surface area contributed by atoms with Crippen LogP contribution in [0.3, 0.4) is 0 Å². The van der Waals surface area contributed by atoms with Crippen molar-refractivity contribution in [3.63, 3.8) is 0 Å². The Kier molecular flexibility index (Phi) is 4.91. The van der Waals surface area contributed by atoms with Crippen LogP contribution in [0.25, 0.3) is 0 Å². The average Bonchev–Trinajstić information content (AvgIpc) is 3.21. The van der Waals surface area contributed by atoms with Crippen LogP contribution in [-0.4, -0.2) is 42.7 Å². The third-order valence-corrected chi connectivity index (χ3v) is 7.21. The fourth-order valence-corrected chi connectivity index (χ4v) is 5.40. The summed E-state index contributed by atoms with van der Waals surface area (Å²) in [5, 5.41) is 8.12. The quantitative estimate of drug-likeness (QED) is 0.813. The Bertz CT molecular complexity index is 982. The van der Waals surface area contributed by atoms with Crippen LogP contribution < -0.4 is 14.4 Å². The lowest BCUT2D eigenvalue weighted by Gasteiger charge is -2.50. The molecular formula is C24H29ClN3O2+. The number of hydrogen-bond acceptors (Lipinski definition) is 4. The highest BCUT2D eigenvalue weighted by Gasteiger charge is 2.53. The van der Waals surface area contributed by atoms with Crippen LogP contribution in [0.5, 0.6) is 11.5 Å². The second kappa shape index (κ2) is 7.47. The minimum Gasteiger partial charge on any atom is -0.493 e. The number of ether oxygens (including phenoxy) is 2. The molecule has 1 N–H and O–H groups in total. The van der Waals surface area contributed by atoms with Crippen molar-refractivity contribution in [2.75, 3.05) is 20.2 Å². The second-order valence-corrected chi connectivity index (χ2v) is 9.24. The average molecular weight is 427 g/mol. The Hall–Kier alpha value is -2.24. The number of hydrogen-bond donors (Lipinski definition) is 1. The topological polar surface area (TPSA) is 38.5 Å². The molecular weight excluding hydrogens is 398 g/mol. The van der Waals surface area contributed by atoms with Crippen molar-refractivity contribution in [2.24, 2.45) is 5.10 Å². The number of halogens is 1. The lowest BCUT2D eigenvalue weighted by Crippen LogP contribution is -3.16. The van der Waals surface area contributed by atoms with E-state index in [1.54, 1.807) is 12.0 Å². The van der Waals surface area contributed by atoms with E-state index in [9.17, 15) is 0 Å². The van der Waals surface area contributed by atoms with Crippen molar-refractivity contribution in [3.05, 3.63) is 58.6 Å². The molecule has 3 heterocycles. The number of hydrazone groups is 1. The Labute approximate surface area is 183 Å². The number of fused-ring (bicyclic) bond motifs is 4. The predicted octanol–water partition coefficient (Wildman–Crippen LogP) is 3.68. The third kappa shape index (κ3) is 3.07. The summed E-state index contributed by atoms with van der Waals surface area (Å²) in [6, 6.07) is 14.9. The Morgan fingerprint density at radius 1 is 1.17 bits per heavy atom. The van der Waals surface area contributed by atoms with Crippen molar-refractivity contribution < 1.29 is 14.4 Å². The number of nitrogens with zero attached hydrogens (tertiary/aromatic N) is 2. The molecule has 5 rings (SSSR count). The SMILES string of the molecule is COc1cccc2c1OC1(CC[NH+](C(C)C)CC1)N1N=C(c3ccccc3Cl)C[C@@H]21. The van der Waals surface area contributed by atoms with Gasteiger partial charge in [-0.1, -0.05) is 41.9 Å². The summed E-state index contributed by atoms with van der Waals surface area (Å²) in [5.74, 6) is 1.68. The highest BCUT2D eigenvalue weighted by atomic mass is 35.5. The molecule has 2 aromatic carbocycles. The Balaban J connectivity index is 1.58. The van der Waals surface area contributed by atoms with Crippen LogP contribution in [0, 0.1) is 0 Å². The molecule has 5 nitrogen and oxygen atoms in total. The van der Waals surface area contributed by atoms with Crippen LogP contribution in [0.15, 0.2) is 47.6 Å². The molecule has 1 fully saturated rings. The molecule has 30 heavy (non-hydrogen) atoms. The summed E-state index contributed by atoms with van der Waals surface area (Å²) < 4.78 is 12.5. The molecule has 1 atom stereocenters. The van der Waals surface area contributed by atoms with Crippen LogP contribution in [0.1, 0.15) is 50.3 Å².